The molecule has 0 aliphatic carbocycles. The number of alkyl halides is 1. The van der Waals surface area contributed by atoms with Crippen LogP contribution in [0.15, 0.2) is 24.3 Å². The number of carbonyl (C=O) groups excluding carboxylic acids is 2. The van der Waals surface area contributed by atoms with Crippen LogP contribution in [0, 0.1) is 11.7 Å². The SMILES string of the molecule is CCC(C)C(=O)C(F)C(=O)c1cccc(F)c1. The van der Waals surface area contributed by atoms with E-state index < -0.39 is 29.5 Å². The summed E-state index contributed by atoms with van der Waals surface area (Å²) in [7, 11) is 0. The van der Waals surface area contributed by atoms with E-state index in [1.807, 2.05) is 0 Å². The second-order valence-corrected chi connectivity index (χ2v) is 3.95. The minimum atomic E-state index is -2.20. The number of carbonyl (C=O) groups is 2. The Morgan fingerprint density at radius 1 is 1.35 bits per heavy atom. The highest BCUT2D eigenvalue weighted by atomic mass is 19.1. The molecule has 2 nitrogen and oxygen atoms in total. The zero-order chi connectivity index (χ0) is 13.0. The predicted molar refractivity (Wildman–Crippen MR) is 60.1 cm³/mol. The van der Waals surface area contributed by atoms with Gasteiger partial charge in [-0.05, 0) is 18.6 Å². The maximum absolute atomic E-state index is 13.6. The standard InChI is InChI=1S/C13H14F2O2/c1-3-8(2)12(16)11(15)13(17)9-5-4-6-10(14)7-9/h4-8,11H,3H2,1-2H3. The molecule has 0 saturated carbocycles. The predicted octanol–water partition coefficient (Wildman–Crippen LogP) is 2.96. The van der Waals surface area contributed by atoms with Gasteiger partial charge in [0.05, 0.1) is 0 Å². The van der Waals surface area contributed by atoms with Crippen molar-refractivity contribution >= 4 is 11.6 Å². The van der Waals surface area contributed by atoms with Gasteiger partial charge in [0.2, 0.25) is 12.0 Å². The average molecular weight is 240 g/mol. The highest BCUT2D eigenvalue weighted by molar-refractivity contribution is 6.13. The number of benzene rings is 1. The van der Waals surface area contributed by atoms with Gasteiger partial charge < -0.3 is 0 Å². The lowest BCUT2D eigenvalue weighted by Gasteiger charge is -2.11. The molecule has 0 bridgehead atoms. The minimum Gasteiger partial charge on any atom is -0.296 e. The molecule has 17 heavy (non-hydrogen) atoms. The van der Waals surface area contributed by atoms with Crippen molar-refractivity contribution in [2.75, 3.05) is 0 Å². The molecular weight excluding hydrogens is 226 g/mol. The highest BCUT2D eigenvalue weighted by Gasteiger charge is 2.29. The van der Waals surface area contributed by atoms with Crippen molar-refractivity contribution < 1.29 is 18.4 Å². The summed E-state index contributed by atoms with van der Waals surface area (Å²) in [6.45, 7) is 3.30. The molecule has 2 unspecified atom stereocenters. The van der Waals surface area contributed by atoms with Crippen molar-refractivity contribution in [2.24, 2.45) is 5.92 Å². The van der Waals surface area contributed by atoms with E-state index in [2.05, 4.69) is 0 Å². The topological polar surface area (TPSA) is 34.1 Å². The molecule has 1 aromatic rings. The second kappa shape index (κ2) is 5.66. The van der Waals surface area contributed by atoms with E-state index in [-0.39, 0.29) is 5.56 Å². The molecule has 0 N–H and O–H groups in total. The third kappa shape index (κ3) is 3.19. The van der Waals surface area contributed by atoms with E-state index in [1.165, 1.54) is 12.1 Å². The van der Waals surface area contributed by atoms with Gasteiger partial charge in [-0.2, -0.15) is 0 Å². The number of hydrogen-bond donors (Lipinski definition) is 0. The van der Waals surface area contributed by atoms with Crippen LogP contribution in [0.1, 0.15) is 30.6 Å². The Labute approximate surface area is 98.6 Å². The molecule has 0 saturated heterocycles. The number of hydrogen-bond acceptors (Lipinski definition) is 2. The summed E-state index contributed by atoms with van der Waals surface area (Å²) in [5.41, 5.74) is -0.117. The van der Waals surface area contributed by atoms with Crippen LogP contribution in [-0.4, -0.2) is 17.7 Å². The van der Waals surface area contributed by atoms with E-state index in [0.29, 0.717) is 6.42 Å². The van der Waals surface area contributed by atoms with Crippen molar-refractivity contribution in [1.29, 1.82) is 0 Å². The van der Waals surface area contributed by atoms with Crippen molar-refractivity contribution in [1.82, 2.24) is 0 Å². The van der Waals surface area contributed by atoms with Gasteiger partial charge >= 0.3 is 0 Å². The van der Waals surface area contributed by atoms with Crippen LogP contribution in [0.25, 0.3) is 0 Å². The van der Waals surface area contributed by atoms with E-state index in [0.717, 1.165) is 12.1 Å². The van der Waals surface area contributed by atoms with Gasteiger partial charge in [-0.25, -0.2) is 8.78 Å². The molecule has 1 rings (SSSR count). The van der Waals surface area contributed by atoms with E-state index >= 15 is 0 Å². The quantitative estimate of drug-likeness (QED) is 0.585. The fourth-order valence-electron chi connectivity index (χ4n) is 1.37. The van der Waals surface area contributed by atoms with Gasteiger partial charge in [0.25, 0.3) is 0 Å². The Balaban J connectivity index is 2.87. The summed E-state index contributed by atoms with van der Waals surface area (Å²) in [6, 6.07) is 4.68. The molecule has 0 radical (unpaired) electrons. The molecule has 0 aliphatic heterocycles. The lowest BCUT2D eigenvalue weighted by atomic mass is 9.95. The third-order valence-electron chi connectivity index (χ3n) is 2.69. The lowest BCUT2D eigenvalue weighted by Crippen LogP contribution is -2.30. The second-order valence-electron chi connectivity index (χ2n) is 3.95. The molecule has 4 heteroatoms. The van der Waals surface area contributed by atoms with Gasteiger partial charge in [-0.15, -0.1) is 0 Å². The Kier molecular flexibility index (Phi) is 4.49. The summed E-state index contributed by atoms with van der Waals surface area (Å²) in [5, 5.41) is 0. The van der Waals surface area contributed by atoms with E-state index in [4.69, 9.17) is 0 Å². The zero-order valence-corrected chi connectivity index (χ0v) is 9.74. The van der Waals surface area contributed by atoms with Gasteiger partial charge in [0.15, 0.2) is 5.78 Å². The molecular formula is C13H14F2O2. The number of ketones is 2. The minimum absolute atomic E-state index is 0.117. The first-order valence-electron chi connectivity index (χ1n) is 5.45. The molecule has 0 fully saturated rings. The zero-order valence-electron chi connectivity index (χ0n) is 9.74. The normalized spacial score (nSPS) is 14.1. The number of rotatable bonds is 5. The first-order chi connectivity index (χ1) is 7.97. The summed E-state index contributed by atoms with van der Waals surface area (Å²) < 4.78 is 26.5. The van der Waals surface area contributed by atoms with Crippen LogP contribution >= 0.6 is 0 Å². The number of Topliss-reactive ketones (excluding diaryl/α,β-unsaturated/α-hetero) is 2. The summed E-state index contributed by atoms with van der Waals surface area (Å²) in [4.78, 5) is 23.1. The lowest BCUT2D eigenvalue weighted by molar-refractivity contribution is -0.125. The first-order valence-corrected chi connectivity index (χ1v) is 5.45. The largest absolute Gasteiger partial charge is 0.296 e. The van der Waals surface area contributed by atoms with E-state index in [1.54, 1.807) is 13.8 Å². The maximum Gasteiger partial charge on any atom is 0.221 e. The molecule has 0 aromatic heterocycles. The molecule has 1 aromatic carbocycles. The van der Waals surface area contributed by atoms with Crippen molar-refractivity contribution in [3.8, 4) is 0 Å². The Bertz CT molecular complexity index is 429. The molecule has 0 aliphatic rings. The third-order valence-corrected chi connectivity index (χ3v) is 2.69. The van der Waals surface area contributed by atoms with Crippen LogP contribution in [-0.2, 0) is 4.79 Å². The Hall–Kier alpha value is -1.58. The van der Waals surface area contributed by atoms with Crippen molar-refractivity contribution in [2.45, 2.75) is 26.4 Å². The average Bonchev–Trinajstić information content (AvgIpc) is 2.35. The fraction of sp³-hybridized carbons (Fsp3) is 0.385. The van der Waals surface area contributed by atoms with Crippen molar-refractivity contribution in [3.05, 3.63) is 35.6 Å². The molecule has 2 atom stereocenters. The maximum atomic E-state index is 13.6. The summed E-state index contributed by atoms with van der Waals surface area (Å²) in [6.07, 6.45) is -1.73. The molecule has 92 valence electrons. The van der Waals surface area contributed by atoms with Gasteiger partial charge in [0.1, 0.15) is 5.82 Å². The Morgan fingerprint density at radius 2 is 2.00 bits per heavy atom. The van der Waals surface area contributed by atoms with Crippen LogP contribution in [0.3, 0.4) is 0 Å². The highest BCUT2D eigenvalue weighted by Crippen LogP contribution is 2.14. The summed E-state index contributed by atoms with van der Waals surface area (Å²) in [5.74, 6) is -2.86. The molecule has 0 amide bonds. The van der Waals surface area contributed by atoms with Crippen LogP contribution in [0.5, 0.6) is 0 Å². The van der Waals surface area contributed by atoms with E-state index in [9.17, 15) is 18.4 Å². The Morgan fingerprint density at radius 3 is 2.53 bits per heavy atom. The van der Waals surface area contributed by atoms with Gasteiger partial charge in [-0.3, -0.25) is 9.59 Å². The van der Waals surface area contributed by atoms with Gasteiger partial charge in [0, 0.05) is 11.5 Å². The monoisotopic (exact) mass is 240 g/mol. The van der Waals surface area contributed by atoms with Crippen molar-refractivity contribution in [3.63, 3.8) is 0 Å². The smallest absolute Gasteiger partial charge is 0.221 e. The van der Waals surface area contributed by atoms with Gasteiger partial charge in [-0.1, -0.05) is 26.0 Å². The van der Waals surface area contributed by atoms with Crippen LogP contribution < -0.4 is 0 Å². The van der Waals surface area contributed by atoms with Crippen LogP contribution in [0.2, 0.25) is 0 Å². The first kappa shape index (κ1) is 13.5. The number of halogens is 2. The summed E-state index contributed by atoms with van der Waals surface area (Å²) >= 11 is 0. The molecule has 0 heterocycles. The molecule has 0 spiro atoms. The fourth-order valence-corrected chi connectivity index (χ4v) is 1.37. The van der Waals surface area contributed by atoms with Crippen LogP contribution in [0.4, 0.5) is 8.78 Å².